The molecule has 11 heavy (non-hydrogen) atoms. The van der Waals surface area contributed by atoms with Gasteiger partial charge in [0.1, 0.15) is 0 Å². The van der Waals surface area contributed by atoms with Gasteiger partial charge in [0.25, 0.3) is 0 Å². The summed E-state index contributed by atoms with van der Waals surface area (Å²) >= 11 is 0. The molecule has 0 aromatic heterocycles. The van der Waals surface area contributed by atoms with E-state index in [4.69, 9.17) is 0 Å². The van der Waals surface area contributed by atoms with Crippen LogP contribution in [0.15, 0.2) is 0 Å². The van der Waals surface area contributed by atoms with Crippen LogP contribution in [0.4, 0.5) is 0 Å². The Morgan fingerprint density at radius 3 is 1.91 bits per heavy atom. The van der Waals surface area contributed by atoms with Gasteiger partial charge in [0.2, 0.25) is 0 Å². The molecule has 1 heteroatoms. The lowest BCUT2D eigenvalue weighted by atomic mass is 10.1. The van der Waals surface area contributed by atoms with Gasteiger partial charge < -0.3 is 0 Å². The van der Waals surface area contributed by atoms with Gasteiger partial charge in [-0.1, -0.05) is 64.5 Å². The van der Waals surface area contributed by atoms with Crippen molar-refractivity contribution in [2.45, 2.75) is 64.5 Å². The molecule has 0 aliphatic rings. The maximum atomic E-state index is 2.41. The van der Waals surface area contributed by atoms with Crippen molar-refractivity contribution in [3.05, 3.63) is 0 Å². The lowest BCUT2D eigenvalue weighted by Gasteiger charge is -1.98. The number of hydrogen-bond donors (Lipinski definition) is 0. The SMILES string of the molecule is CCCCCCCCC[SiH2]C. The molecule has 68 valence electrons. The summed E-state index contributed by atoms with van der Waals surface area (Å²) in [5.74, 6) is 0. The van der Waals surface area contributed by atoms with Gasteiger partial charge in [0.05, 0.1) is 0 Å². The predicted molar refractivity (Wildman–Crippen MR) is 57.2 cm³/mol. The topological polar surface area (TPSA) is 0 Å². The van der Waals surface area contributed by atoms with Crippen molar-refractivity contribution in [1.82, 2.24) is 0 Å². The molecule has 0 bridgehead atoms. The number of hydrogen-bond acceptors (Lipinski definition) is 0. The van der Waals surface area contributed by atoms with E-state index in [0.29, 0.717) is 9.52 Å². The van der Waals surface area contributed by atoms with E-state index in [-0.39, 0.29) is 0 Å². The number of unbranched alkanes of at least 4 members (excludes halogenated alkanes) is 6. The summed E-state index contributed by atoms with van der Waals surface area (Å²) in [6.07, 6.45) is 10.3. The molecule has 0 rings (SSSR count). The van der Waals surface area contributed by atoms with Crippen LogP contribution in [0, 0.1) is 0 Å². The molecule has 0 aliphatic carbocycles. The van der Waals surface area contributed by atoms with Gasteiger partial charge in [-0.05, 0) is 0 Å². The predicted octanol–water partition coefficient (Wildman–Crippen LogP) is 3.37. The van der Waals surface area contributed by atoms with Crippen LogP contribution in [-0.4, -0.2) is 9.52 Å². The first kappa shape index (κ1) is 11.2. The van der Waals surface area contributed by atoms with Crippen LogP contribution < -0.4 is 0 Å². The first-order chi connectivity index (χ1) is 5.41. The standard InChI is InChI=1S/C10H24Si/c1-3-4-5-6-7-8-9-10-11-2/h3-11H2,1-2H3. The summed E-state index contributed by atoms with van der Waals surface area (Å²) < 4.78 is 0. The van der Waals surface area contributed by atoms with Gasteiger partial charge in [-0.3, -0.25) is 0 Å². The van der Waals surface area contributed by atoms with Crippen molar-refractivity contribution in [3.8, 4) is 0 Å². The van der Waals surface area contributed by atoms with Crippen molar-refractivity contribution in [3.63, 3.8) is 0 Å². The quantitative estimate of drug-likeness (QED) is 0.389. The average molecular weight is 172 g/mol. The van der Waals surface area contributed by atoms with Gasteiger partial charge in [-0.2, -0.15) is 0 Å². The molecule has 0 aliphatic heterocycles. The molecule has 0 heterocycles. The second-order valence-electron chi connectivity index (χ2n) is 3.47. The van der Waals surface area contributed by atoms with Crippen molar-refractivity contribution in [1.29, 1.82) is 0 Å². The highest BCUT2D eigenvalue weighted by Gasteiger charge is 1.89. The zero-order valence-corrected chi connectivity index (χ0v) is 9.78. The normalized spacial score (nSPS) is 11.5. The first-order valence-electron chi connectivity index (χ1n) is 5.41. The largest absolute Gasteiger partial charge is 0.0748 e. The maximum Gasteiger partial charge on any atom is 0.0166 e. The van der Waals surface area contributed by atoms with Gasteiger partial charge in [-0.25, -0.2) is 0 Å². The minimum absolute atomic E-state index is 0.370. The summed E-state index contributed by atoms with van der Waals surface area (Å²) in [6, 6.07) is 1.58. The molecule has 0 saturated carbocycles. The van der Waals surface area contributed by atoms with Crippen molar-refractivity contribution >= 4 is 9.52 Å². The number of rotatable bonds is 8. The highest BCUT2D eigenvalue weighted by Crippen LogP contribution is 2.07. The van der Waals surface area contributed by atoms with E-state index in [1.165, 1.54) is 44.9 Å². The molecule has 0 N–H and O–H groups in total. The second-order valence-corrected chi connectivity index (χ2v) is 5.18. The zero-order valence-electron chi connectivity index (χ0n) is 8.36. The highest BCUT2D eigenvalue weighted by molar-refractivity contribution is 6.33. The van der Waals surface area contributed by atoms with Crippen LogP contribution in [0.2, 0.25) is 12.6 Å². The highest BCUT2D eigenvalue weighted by atomic mass is 28.2. The van der Waals surface area contributed by atoms with Crippen molar-refractivity contribution < 1.29 is 0 Å². The molecule has 0 unspecified atom stereocenters. The third-order valence-corrected chi connectivity index (χ3v) is 3.41. The molecule has 0 nitrogen and oxygen atoms in total. The zero-order chi connectivity index (χ0) is 8.36. The summed E-state index contributed by atoms with van der Waals surface area (Å²) in [6.45, 7) is 4.69. The Morgan fingerprint density at radius 2 is 1.36 bits per heavy atom. The Labute approximate surface area is 74.6 Å². The van der Waals surface area contributed by atoms with Gasteiger partial charge in [0, 0.05) is 9.52 Å². The molecule has 0 fully saturated rings. The van der Waals surface area contributed by atoms with E-state index in [1.807, 2.05) is 0 Å². The smallest absolute Gasteiger partial charge is 0.0166 e. The third-order valence-electron chi connectivity index (χ3n) is 2.21. The van der Waals surface area contributed by atoms with Crippen LogP contribution in [-0.2, 0) is 0 Å². The summed E-state index contributed by atoms with van der Waals surface area (Å²) in [5.41, 5.74) is 0. The lowest BCUT2D eigenvalue weighted by Crippen LogP contribution is -1.82. The van der Waals surface area contributed by atoms with E-state index >= 15 is 0 Å². The van der Waals surface area contributed by atoms with Crippen molar-refractivity contribution in [2.75, 3.05) is 0 Å². The van der Waals surface area contributed by atoms with E-state index in [1.54, 1.807) is 6.04 Å². The maximum absolute atomic E-state index is 2.41. The van der Waals surface area contributed by atoms with E-state index in [0.717, 1.165) is 0 Å². The van der Waals surface area contributed by atoms with E-state index in [9.17, 15) is 0 Å². The molecule has 0 spiro atoms. The minimum Gasteiger partial charge on any atom is -0.0748 e. The first-order valence-corrected chi connectivity index (χ1v) is 7.83. The summed E-state index contributed by atoms with van der Waals surface area (Å²) in [4.78, 5) is 0. The molecule has 0 aromatic rings. The Morgan fingerprint density at radius 1 is 0.818 bits per heavy atom. The van der Waals surface area contributed by atoms with Crippen LogP contribution in [0.1, 0.15) is 51.9 Å². The second kappa shape index (κ2) is 10.2. The van der Waals surface area contributed by atoms with E-state index in [2.05, 4.69) is 13.5 Å². The molecule has 0 aromatic carbocycles. The molecule has 0 saturated heterocycles. The molecule has 0 radical (unpaired) electrons. The summed E-state index contributed by atoms with van der Waals surface area (Å²) in [7, 11) is 0.370. The van der Waals surface area contributed by atoms with Crippen LogP contribution in [0.3, 0.4) is 0 Å². The molecular formula is C10H24Si. The minimum atomic E-state index is 0.370. The lowest BCUT2D eigenvalue weighted by molar-refractivity contribution is 0.601. The Balaban J connectivity index is 2.69. The van der Waals surface area contributed by atoms with Gasteiger partial charge >= 0.3 is 0 Å². The third kappa shape index (κ3) is 10.2. The Hall–Kier alpha value is 0.217. The average Bonchev–Trinajstić information content (AvgIpc) is 2.03. The van der Waals surface area contributed by atoms with Gasteiger partial charge in [-0.15, -0.1) is 0 Å². The molecule has 0 amide bonds. The summed E-state index contributed by atoms with van der Waals surface area (Å²) in [5, 5.41) is 0. The molecular weight excluding hydrogens is 148 g/mol. The molecule has 0 atom stereocenters. The fraction of sp³-hybridized carbons (Fsp3) is 1.00. The van der Waals surface area contributed by atoms with Crippen LogP contribution in [0.25, 0.3) is 0 Å². The Bertz CT molecular complexity index is 53.9. The fourth-order valence-corrected chi connectivity index (χ4v) is 2.24. The van der Waals surface area contributed by atoms with E-state index < -0.39 is 0 Å². The monoisotopic (exact) mass is 172 g/mol. The fourth-order valence-electron chi connectivity index (χ4n) is 1.38. The van der Waals surface area contributed by atoms with Crippen LogP contribution >= 0.6 is 0 Å². The Kier molecular flexibility index (Phi) is 10.4. The van der Waals surface area contributed by atoms with Crippen molar-refractivity contribution in [2.24, 2.45) is 0 Å². The van der Waals surface area contributed by atoms with Crippen LogP contribution in [0.5, 0.6) is 0 Å². The van der Waals surface area contributed by atoms with Gasteiger partial charge in [0.15, 0.2) is 0 Å².